The second-order valence-corrected chi connectivity index (χ2v) is 6.28. The first-order chi connectivity index (χ1) is 9.91. The van der Waals surface area contributed by atoms with E-state index in [1.54, 1.807) is 6.07 Å². The van der Waals surface area contributed by atoms with Crippen molar-refractivity contribution in [3.8, 4) is 0 Å². The molecule has 0 aromatic heterocycles. The molecule has 1 N–H and O–H groups in total. The van der Waals surface area contributed by atoms with E-state index in [1.165, 1.54) is 0 Å². The highest BCUT2D eigenvalue weighted by Crippen LogP contribution is 2.26. The zero-order valence-corrected chi connectivity index (χ0v) is 14.5. The van der Waals surface area contributed by atoms with E-state index in [2.05, 4.69) is 31.1 Å². The summed E-state index contributed by atoms with van der Waals surface area (Å²) in [4.78, 5) is 14.1. The Morgan fingerprint density at radius 2 is 2.05 bits per heavy atom. The molecule has 0 atom stereocenters. The van der Waals surface area contributed by atoms with Crippen LogP contribution in [0.4, 0.5) is 0 Å². The van der Waals surface area contributed by atoms with Gasteiger partial charge in [-0.05, 0) is 51.9 Å². The molecule has 5 heteroatoms. The summed E-state index contributed by atoms with van der Waals surface area (Å²) in [7, 11) is 2.09. The molecular weight excluding hydrogens is 307 g/mol. The monoisotopic (exact) mass is 330 g/mol. The van der Waals surface area contributed by atoms with Gasteiger partial charge in [0.15, 0.2) is 0 Å². The number of amides is 1. The van der Waals surface area contributed by atoms with Crippen LogP contribution in [0.5, 0.6) is 0 Å². The molecular formula is C16H24Cl2N2O. The number of nitrogens with zero attached hydrogens (tertiary/aromatic N) is 1. The molecule has 21 heavy (non-hydrogen) atoms. The molecule has 0 aliphatic heterocycles. The van der Waals surface area contributed by atoms with Gasteiger partial charge in [0.1, 0.15) is 0 Å². The summed E-state index contributed by atoms with van der Waals surface area (Å²) in [5.41, 5.74) is 0.916. The molecule has 1 amide bonds. The minimum atomic E-state index is 0.0539. The summed E-state index contributed by atoms with van der Waals surface area (Å²) < 4.78 is 0. The second-order valence-electron chi connectivity index (χ2n) is 5.49. The van der Waals surface area contributed by atoms with Crippen LogP contribution >= 0.6 is 23.2 Å². The van der Waals surface area contributed by atoms with Gasteiger partial charge in [-0.3, -0.25) is 4.79 Å². The fourth-order valence-corrected chi connectivity index (χ4v) is 2.31. The Labute approximate surface area is 137 Å². The number of hydrogen-bond donors (Lipinski definition) is 1. The highest BCUT2D eigenvalue weighted by molar-refractivity contribution is 6.42. The SMILES string of the molecule is CC(C)N(C)CCCNC(=O)CCc1cccc(Cl)c1Cl. The molecule has 0 bridgehead atoms. The molecule has 0 unspecified atom stereocenters. The van der Waals surface area contributed by atoms with Gasteiger partial charge < -0.3 is 10.2 Å². The van der Waals surface area contributed by atoms with E-state index in [0.717, 1.165) is 18.5 Å². The zero-order chi connectivity index (χ0) is 15.8. The van der Waals surface area contributed by atoms with Crippen molar-refractivity contribution in [2.24, 2.45) is 0 Å². The van der Waals surface area contributed by atoms with Crippen molar-refractivity contribution in [1.29, 1.82) is 0 Å². The summed E-state index contributed by atoms with van der Waals surface area (Å²) in [5.74, 6) is 0.0539. The first-order valence-corrected chi connectivity index (χ1v) is 8.07. The van der Waals surface area contributed by atoms with Crippen LogP contribution in [-0.4, -0.2) is 37.0 Å². The third kappa shape index (κ3) is 6.68. The summed E-state index contributed by atoms with van der Waals surface area (Å²) in [6.07, 6.45) is 2.00. The maximum Gasteiger partial charge on any atom is 0.220 e. The number of aryl methyl sites for hydroxylation is 1. The Bertz CT molecular complexity index is 464. The van der Waals surface area contributed by atoms with Crippen LogP contribution in [0, 0.1) is 0 Å². The summed E-state index contributed by atoms with van der Waals surface area (Å²) in [6.45, 7) is 6.01. The maximum absolute atomic E-state index is 11.8. The molecule has 1 aromatic rings. The van der Waals surface area contributed by atoms with Gasteiger partial charge in [0.25, 0.3) is 0 Å². The number of nitrogens with one attached hydrogen (secondary N) is 1. The largest absolute Gasteiger partial charge is 0.356 e. The minimum Gasteiger partial charge on any atom is -0.356 e. The van der Waals surface area contributed by atoms with Gasteiger partial charge in [-0.25, -0.2) is 0 Å². The third-order valence-corrected chi connectivity index (χ3v) is 4.40. The number of halogens is 2. The average Bonchev–Trinajstić information content (AvgIpc) is 2.44. The van der Waals surface area contributed by atoms with Gasteiger partial charge in [-0.2, -0.15) is 0 Å². The number of carbonyl (C=O) groups is 1. The van der Waals surface area contributed by atoms with Gasteiger partial charge in [0.05, 0.1) is 10.0 Å². The van der Waals surface area contributed by atoms with Crippen molar-refractivity contribution in [3.63, 3.8) is 0 Å². The molecule has 0 aliphatic rings. The van der Waals surface area contributed by atoms with Crippen LogP contribution in [0.1, 0.15) is 32.3 Å². The average molecular weight is 331 g/mol. The Hall–Kier alpha value is -0.770. The summed E-state index contributed by atoms with van der Waals surface area (Å²) in [6, 6.07) is 6.03. The van der Waals surface area contributed by atoms with E-state index in [1.807, 2.05) is 12.1 Å². The van der Waals surface area contributed by atoms with Crippen molar-refractivity contribution >= 4 is 29.1 Å². The van der Waals surface area contributed by atoms with E-state index in [0.29, 0.717) is 35.5 Å². The lowest BCUT2D eigenvalue weighted by Crippen LogP contribution is -2.31. The van der Waals surface area contributed by atoms with Crippen LogP contribution < -0.4 is 5.32 Å². The third-order valence-electron chi connectivity index (χ3n) is 3.54. The van der Waals surface area contributed by atoms with Gasteiger partial charge in [-0.15, -0.1) is 0 Å². The van der Waals surface area contributed by atoms with Crippen molar-refractivity contribution in [3.05, 3.63) is 33.8 Å². The fourth-order valence-electron chi connectivity index (χ4n) is 1.89. The van der Waals surface area contributed by atoms with E-state index in [-0.39, 0.29) is 5.91 Å². The molecule has 0 heterocycles. The summed E-state index contributed by atoms with van der Waals surface area (Å²) >= 11 is 12.0. The van der Waals surface area contributed by atoms with Crippen molar-refractivity contribution in [2.75, 3.05) is 20.1 Å². The topological polar surface area (TPSA) is 32.3 Å². The number of benzene rings is 1. The molecule has 0 fully saturated rings. The summed E-state index contributed by atoms with van der Waals surface area (Å²) in [5, 5.41) is 4.02. The Balaban J connectivity index is 2.24. The first-order valence-electron chi connectivity index (χ1n) is 7.31. The quantitative estimate of drug-likeness (QED) is 0.736. The molecule has 3 nitrogen and oxygen atoms in total. The van der Waals surface area contributed by atoms with Gasteiger partial charge in [0, 0.05) is 19.0 Å². The lowest BCUT2D eigenvalue weighted by Gasteiger charge is -2.20. The Kier molecular flexibility index (Phi) is 8.09. The van der Waals surface area contributed by atoms with Gasteiger partial charge >= 0.3 is 0 Å². The van der Waals surface area contributed by atoms with Crippen molar-refractivity contribution in [2.45, 2.75) is 39.2 Å². The first kappa shape index (κ1) is 18.3. The van der Waals surface area contributed by atoms with Crippen LogP contribution in [0.3, 0.4) is 0 Å². The van der Waals surface area contributed by atoms with Crippen LogP contribution in [0.2, 0.25) is 10.0 Å². The van der Waals surface area contributed by atoms with Crippen LogP contribution in [0.25, 0.3) is 0 Å². The Morgan fingerprint density at radius 1 is 1.33 bits per heavy atom. The standard InChI is InChI=1S/C16H24Cl2N2O/c1-12(2)20(3)11-5-10-19-15(21)9-8-13-6-4-7-14(17)16(13)18/h4,6-7,12H,5,8-11H2,1-3H3,(H,19,21). The lowest BCUT2D eigenvalue weighted by atomic mass is 10.1. The molecule has 1 aromatic carbocycles. The van der Waals surface area contributed by atoms with E-state index in [4.69, 9.17) is 23.2 Å². The number of rotatable bonds is 8. The van der Waals surface area contributed by atoms with Crippen molar-refractivity contribution in [1.82, 2.24) is 10.2 Å². The van der Waals surface area contributed by atoms with Crippen molar-refractivity contribution < 1.29 is 4.79 Å². The molecule has 118 valence electrons. The molecule has 0 saturated carbocycles. The second kappa shape index (κ2) is 9.29. The molecule has 1 rings (SSSR count). The number of hydrogen-bond acceptors (Lipinski definition) is 2. The predicted molar refractivity (Wildman–Crippen MR) is 90.2 cm³/mol. The predicted octanol–water partition coefficient (Wildman–Crippen LogP) is 3.77. The normalized spacial score (nSPS) is 11.2. The van der Waals surface area contributed by atoms with E-state index >= 15 is 0 Å². The highest BCUT2D eigenvalue weighted by atomic mass is 35.5. The smallest absolute Gasteiger partial charge is 0.220 e. The van der Waals surface area contributed by atoms with E-state index in [9.17, 15) is 4.79 Å². The zero-order valence-electron chi connectivity index (χ0n) is 13.0. The fraction of sp³-hybridized carbons (Fsp3) is 0.562. The molecule has 0 radical (unpaired) electrons. The molecule has 0 aliphatic carbocycles. The van der Waals surface area contributed by atoms with Crippen LogP contribution in [-0.2, 0) is 11.2 Å². The maximum atomic E-state index is 11.8. The minimum absolute atomic E-state index is 0.0539. The highest BCUT2D eigenvalue weighted by Gasteiger charge is 2.07. The molecule has 0 saturated heterocycles. The lowest BCUT2D eigenvalue weighted by molar-refractivity contribution is -0.121. The molecule has 0 spiro atoms. The van der Waals surface area contributed by atoms with Crippen LogP contribution in [0.15, 0.2) is 18.2 Å². The Morgan fingerprint density at radius 3 is 2.71 bits per heavy atom. The van der Waals surface area contributed by atoms with E-state index < -0.39 is 0 Å². The van der Waals surface area contributed by atoms with Gasteiger partial charge in [0.2, 0.25) is 5.91 Å². The van der Waals surface area contributed by atoms with Gasteiger partial charge in [-0.1, -0.05) is 35.3 Å². The number of carbonyl (C=O) groups excluding carboxylic acids is 1.